The normalized spacial score (nSPS) is 20.3. The molecule has 22 heteroatoms. The average Bonchev–Trinajstić information content (AvgIpc) is 3.46. The summed E-state index contributed by atoms with van der Waals surface area (Å²) in [6.45, 7) is 5.59. The zero-order chi connectivity index (χ0) is 57.1. The molecule has 0 heterocycles. The summed E-state index contributed by atoms with van der Waals surface area (Å²) in [6, 6.07) is 8.14. The first-order valence-electron chi connectivity index (χ1n) is 27.0. The van der Waals surface area contributed by atoms with Gasteiger partial charge in [0.1, 0.15) is 35.2 Å². The summed E-state index contributed by atoms with van der Waals surface area (Å²) >= 11 is 0. The van der Waals surface area contributed by atoms with Crippen LogP contribution in [0.4, 0.5) is 0 Å². The van der Waals surface area contributed by atoms with Crippen molar-refractivity contribution in [3.63, 3.8) is 0 Å². The van der Waals surface area contributed by atoms with E-state index in [0.717, 1.165) is 6.08 Å². The lowest BCUT2D eigenvalue weighted by molar-refractivity contribution is -0.152. The quantitative estimate of drug-likeness (QED) is 0.0209. The van der Waals surface area contributed by atoms with Gasteiger partial charge >= 0.3 is 53.7 Å². The van der Waals surface area contributed by atoms with Gasteiger partial charge in [0, 0.05) is 27.2 Å². The van der Waals surface area contributed by atoms with Gasteiger partial charge in [0.2, 0.25) is 0 Å². The Morgan fingerprint density at radius 1 is 0.481 bits per heavy atom. The lowest BCUT2D eigenvalue weighted by atomic mass is 9.82. The second kappa shape index (κ2) is 33.6. The molecule has 0 aromatic heterocycles. The van der Waals surface area contributed by atoms with Gasteiger partial charge in [-0.1, -0.05) is 6.58 Å². The second-order valence-corrected chi connectivity index (χ2v) is 19.5. The molecule has 1 unspecified atom stereocenters. The van der Waals surface area contributed by atoms with Crippen LogP contribution >= 0.6 is 0 Å². The highest BCUT2D eigenvalue weighted by Crippen LogP contribution is 2.38. The number of carbonyl (C=O) groups excluding carboxylic acids is 9. The third-order valence-corrected chi connectivity index (χ3v) is 13.8. The van der Waals surface area contributed by atoms with Crippen LogP contribution in [0.3, 0.4) is 0 Å². The number of hydrogen-bond acceptors (Lipinski definition) is 22. The number of aliphatic hydroxyl groups excluding tert-OH is 1. The third kappa shape index (κ3) is 21.1. The highest BCUT2D eigenvalue weighted by Gasteiger charge is 2.36. The molecule has 3 saturated carbocycles. The van der Waals surface area contributed by atoms with Crippen LogP contribution in [0, 0.1) is 35.5 Å². The van der Waals surface area contributed by atoms with Gasteiger partial charge < -0.3 is 61.9 Å². The Morgan fingerprint density at radius 3 is 1.33 bits per heavy atom. The maximum absolute atomic E-state index is 13.7. The summed E-state index contributed by atoms with van der Waals surface area (Å²) < 4.78 is 64.5. The summed E-state index contributed by atoms with van der Waals surface area (Å²) in [7, 11) is 2.89. The molecule has 79 heavy (non-hydrogen) atoms. The minimum absolute atomic E-state index is 0.00868. The van der Waals surface area contributed by atoms with Crippen LogP contribution in [0.2, 0.25) is 0 Å². The molecule has 2 aromatic carbocycles. The first-order valence-corrected chi connectivity index (χ1v) is 27.0. The van der Waals surface area contributed by atoms with Gasteiger partial charge in [0.15, 0.2) is 6.29 Å². The van der Waals surface area contributed by atoms with Gasteiger partial charge in [0.25, 0.3) is 0 Å². The number of ether oxygens (including phenoxy) is 12. The van der Waals surface area contributed by atoms with Crippen molar-refractivity contribution >= 4 is 53.7 Å². The van der Waals surface area contributed by atoms with E-state index >= 15 is 0 Å². The average molecular weight is 1110 g/mol. The minimum Gasteiger partial charge on any atom is -0.466 e. The zero-order valence-corrected chi connectivity index (χ0v) is 45.3. The second-order valence-electron chi connectivity index (χ2n) is 19.5. The van der Waals surface area contributed by atoms with E-state index in [-0.39, 0.29) is 142 Å². The predicted octanol–water partition coefficient (Wildman–Crippen LogP) is 6.82. The Balaban J connectivity index is 1.12. The molecule has 0 saturated heterocycles. The van der Waals surface area contributed by atoms with Gasteiger partial charge in [-0.2, -0.15) is 0 Å². The number of carbonyl (C=O) groups is 9. The molecule has 22 nitrogen and oxygen atoms in total. The highest BCUT2D eigenvalue weighted by molar-refractivity contribution is 5.94. The zero-order valence-electron chi connectivity index (χ0n) is 45.3. The number of rotatable bonds is 30. The maximum Gasteiger partial charge on any atom is 0.342 e. The van der Waals surface area contributed by atoms with E-state index in [9.17, 15) is 48.3 Å². The molecule has 0 aliphatic heterocycles. The molecule has 1 atom stereocenters. The van der Waals surface area contributed by atoms with Crippen molar-refractivity contribution < 1.29 is 105 Å². The summed E-state index contributed by atoms with van der Waals surface area (Å²) in [6.07, 6.45) is 5.74. The molecule has 0 bridgehead atoms. The highest BCUT2D eigenvalue weighted by atomic mass is 16.6. The van der Waals surface area contributed by atoms with Crippen LogP contribution in [0.5, 0.6) is 23.0 Å². The van der Waals surface area contributed by atoms with E-state index in [1.807, 2.05) is 0 Å². The molecule has 0 spiro atoms. The van der Waals surface area contributed by atoms with E-state index in [1.54, 1.807) is 0 Å². The van der Waals surface area contributed by atoms with Crippen molar-refractivity contribution in [1.82, 2.24) is 0 Å². The topological polar surface area (TPSA) is 285 Å². The van der Waals surface area contributed by atoms with Crippen LogP contribution in [0.25, 0.3) is 0 Å². The van der Waals surface area contributed by atoms with E-state index in [4.69, 9.17) is 56.8 Å². The molecule has 2 aromatic rings. The molecule has 3 aliphatic rings. The molecule has 0 radical (unpaired) electrons. The van der Waals surface area contributed by atoms with E-state index in [0.29, 0.717) is 77.0 Å². The van der Waals surface area contributed by atoms with Crippen molar-refractivity contribution in [1.29, 1.82) is 0 Å². The Bertz CT molecular complexity index is 2370. The Morgan fingerprint density at radius 2 is 0.873 bits per heavy atom. The van der Waals surface area contributed by atoms with Crippen molar-refractivity contribution in [2.45, 2.75) is 116 Å². The first kappa shape index (κ1) is 63.1. The molecular formula is C57H74O22. The van der Waals surface area contributed by atoms with Crippen LogP contribution in [-0.4, -0.2) is 126 Å². The smallest absolute Gasteiger partial charge is 0.342 e. The molecule has 3 fully saturated rings. The van der Waals surface area contributed by atoms with Crippen LogP contribution in [0.15, 0.2) is 49.1 Å². The van der Waals surface area contributed by atoms with Gasteiger partial charge in [-0.15, -0.1) is 0 Å². The monoisotopic (exact) mass is 1110 g/mol. The number of unbranched alkanes of at least 4 members (excludes halogenated alkanes) is 2. The van der Waals surface area contributed by atoms with Crippen LogP contribution in [0.1, 0.15) is 132 Å². The maximum atomic E-state index is 13.7. The molecule has 434 valence electrons. The van der Waals surface area contributed by atoms with Gasteiger partial charge in [-0.25, -0.2) is 9.59 Å². The number of esters is 9. The molecule has 5 rings (SSSR count). The van der Waals surface area contributed by atoms with Crippen molar-refractivity contribution in [3.8, 4) is 23.0 Å². The number of aliphatic hydroxyl groups is 1. The Kier molecular flexibility index (Phi) is 26.9. The van der Waals surface area contributed by atoms with E-state index < -0.39 is 65.8 Å². The first-order chi connectivity index (χ1) is 38.1. The van der Waals surface area contributed by atoms with Crippen LogP contribution in [-0.2, 0) is 76.3 Å². The van der Waals surface area contributed by atoms with Gasteiger partial charge in [-0.05, 0) is 139 Å². The number of methoxy groups -OCH3 is 2. The molecular weight excluding hydrogens is 1040 g/mol. The van der Waals surface area contributed by atoms with Crippen molar-refractivity contribution in [2.75, 3.05) is 67.1 Å². The van der Waals surface area contributed by atoms with Crippen molar-refractivity contribution in [3.05, 3.63) is 60.2 Å². The third-order valence-electron chi connectivity index (χ3n) is 13.8. The predicted molar refractivity (Wildman–Crippen MR) is 275 cm³/mol. The SMILES string of the molecule is C=CC(=O)OCCCCOC(=O)C1CCC(C(=O)Oc2ccc(OC(=O)C3CCC(C(=O)Oc4ccc(OC(=O)C5CCC(C(=O)OCCCCOC(C)=O)CC5)cc4C(O)OCCOC)CC3)c(C(=O)OCCOC)c2)CC1. The van der Waals surface area contributed by atoms with E-state index in [2.05, 4.69) is 6.58 Å². The Hall–Kier alpha value is -6.75. The summed E-state index contributed by atoms with van der Waals surface area (Å²) in [5.74, 6) is -7.99. The van der Waals surface area contributed by atoms with E-state index in [1.165, 1.54) is 57.5 Å². The molecule has 1 N–H and O–H groups in total. The minimum atomic E-state index is -1.61. The fourth-order valence-corrected chi connectivity index (χ4v) is 9.24. The lowest BCUT2D eigenvalue weighted by Crippen LogP contribution is -2.31. The fourth-order valence-electron chi connectivity index (χ4n) is 9.24. The summed E-state index contributed by atoms with van der Waals surface area (Å²) in [5, 5.41) is 11.1. The summed E-state index contributed by atoms with van der Waals surface area (Å²) in [4.78, 5) is 115. The molecule has 0 amide bonds. The number of hydrogen-bond donors (Lipinski definition) is 1. The largest absolute Gasteiger partial charge is 0.466 e. The van der Waals surface area contributed by atoms with Crippen LogP contribution < -0.4 is 18.9 Å². The Labute approximate surface area is 459 Å². The lowest BCUT2D eigenvalue weighted by Gasteiger charge is -2.27. The molecule has 3 aliphatic carbocycles. The summed E-state index contributed by atoms with van der Waals surface area (Å²) in [5.41, 5.74) is -0.159. The number of benzene rings is 2. The van der Waals surface area contributed by atoms with Crippen molar-refractivity contribution in [2.24, 2.45) is 35.5 Å². The standard InChI is InChI=1S/C57H74O22/c1-5-49(59)71-27-7-9-29-73-51(61)38-12-16-40(17-13-38)53(63)77-44-23-25-48(46(35-44)57(67)75-33-31-69-4)79-55(65)42-20-18-41(19-21-42)54(64)78-47-24-22-43(34-45(47)56(66)74-32-30-68-3)76-52(62)39-14-10-37(11-15-39)50(60)72-28-8-6-26-70-36(2)58/h5,22-25,34-35,37-42,56,66H,1,6-21,26-33H2,2-4H3. The van der Waals surface area contributed by atoms with Gasteiger partial charge in [-0.3, -0.25) is 33.6 Å². The van der Waals surface area contributed by atoms with Gasteiger partial charge in [0.05, 0.1) is 87.3 Å². The fraction of sp³-hybridized carbons (Fsp3) is 0.596.